The van der Waals surface area contributed by atoms with Gasteiger partial charge in [0.1, 0.15) is 0 Å². The molecule has 1 unspecified atom stereocenters. The van der Waals surface area contributed by atoms with Gasteiger partial charge in [-0.05, 0) is 25.2 Å². The topological polar surface area (TPSA) is 32.3 Å². The second-order valence-electron chi connectivity index (χ2n) is 6.07. The molecule has 1 aliphatic heterocycles. The van der Waals surface area contributed by atoms with Crippen LogP contribution < -0.4 is 5.32 Å². The van der Waals surface area contributed by atoms with E-state index in [9.17, 15) is 4.79 Å². The summed E-state index contributed by atoms with van der Waals surface area (Å²) in [5.74, 6) is 0.661. The van der Waals surface area contributed by atoms with Gasteiger partial charge in [-0.25, -0.2) is 0 Å². The summed E-state index contributed by atoms with van der Waals surface area (Å²) in [6.45, 7) is 9.35. The quantitative estimate of drug-likeness (QED) is 0.734. The Morgan fingerprint density at radius 3 is 2.75 bits per heavy atom. The van der Waals surface area contributed by atoms with Crippen molar-refractivity contribution in [2.24, 2.45) is 11.3 Å². The zero-order valence-electron chi connectivity index (χ0n) is 10.8. The zero-order valence-corrected chi connectivity index (χ0v) is 10.8. The fourth-order valence-electron chi connectivity index (χ4n) is 3.14. The van der Waals surface area contributed by atoms with Crippen LogP contribution in [0.4, 0.5) is 0 Å². The molecule has 0 aromatic heterocycles. The maximum atomic E-state index is 12.5. The van der Waals surface area contributed by atoms with Crippen LogP contribution in [0.5, 0.6) is 0 Å². The highest BCUT2D eigenvalue weighted by atomic mass is 16.2. The predicted octanol–water partition coefficient (Wildman–Crippen LogP) is 1.63. The van der Waals surface area contributed by atoms with Gasteiger partial charge in [-0.2, -0.15) is 0 Å². The van der Waals surface area contributed by atoms with Crippen molar-refractivity contribution in [1.82, 2.24) is 10.2 Å². The number of piperazine rings is 1. The van der Waals surface area contributed by atoms with Gasteiger partial charge in [0.05, 0.1) is 0 Å². The number of hydrogen-bond donors (Lipinski definition) is 1. The minimum atomic E-state index is 0.213. The molecule has 0 aromatic carbocycles. The lowest BCUT2D eigenvalue weighted by Gasteiger charge is -2.36. The molecule has 92 valence electrons. The first-order valence-electron chi connectivity index (χ1n) is 6.53. The third kappa shape index (κ3) is 2.24. The molecule has 3 heteroatoms. The molecular weight excluding hydrogens is 200 g/mol. The fourth-order valence-corrected chi connectivity index (χ4v) is 3.14. The van der Waals surface area contributed by atoms with Crippen LogP contribution in [0, 0.1) is 11.3 Å². The Kier molecular flexibility index (Phi) is 3.24. The van der Waals surface area contributed by atoms with Crippen molar-refractivity contribution in [1.29, 1.82) is 0 Å². The van der Waals surface area contributed by atoms with Crippen molar-refractivity contribution in [3.63, 3.8) is 0 Å². The second-order valence-corrected chi connectivity index (χ2v) is 6.07. The van der Waals surface area contributed by atoms with Crippen LogP contribution in [0.15, 0.2) is 0 Å². The number of rotatable bonds is 1. The van der Waals surface area contributed by atoms with Gasteiger partial charge in [-0.15, -0.1) is 0 Å². The number of carbonyl (C=O) groups excluding carboxylic acids is 1. The molecule has 0 aromatic rings. The van der Waals surface area contributed by atoms with Crippen LogP contribution in [-0.2, 0) is 4.79 Å². The van der Waals surface area contributed by atoms with E-state index in [2.05, 4.69) is 31.0 Å². The highest BCUT2D eigenvalue weighted by Crippen LogP contribution is 2.43. The summed E-state index contributed by atoms with van der Waals surface area (Å²) in [5.41, 5.74) is 0.213. The van der Waals surface area contributed by atoms with E-state index in [4.69, 9.17) is 0 Å². The van der Waals surface area contributed by atoms with E-state index >= 15 is 0 Å². The number of hydrogen-bond acceptors (Lipinski definition) is 2. The summed E-state index contributed by atoms with van der Waals surface area (Å²) >= 11 is 0. The predicted molar refractivity (Wildman–Crippen MR) is 65.2 cm³/mol. The molecule has 2 fully saturated rings. The van der Waals surface area contributed by atoms with Crippen LogP contribution >= 0.6 is 0 Å². The average molecular weight is 224 g/mol. The second kappa shape index (κ2) is 4.36. The van der Waals surface area contributed by atoms with Gasteiger partial charge >= 0.3 is 0 Å². The summed E-state index contributed by atoms with van der Waals surface area (Å²) < 4.78 is 0. The van der Waals surface area contributed by atoms with Crippen molar-refractivity contribution < 1.29 is 4.79 Å². The third-order valence-corrected chi connectivity index (χ3v) is 4.24. The van der Waals surface area contributed by atoms with Crippen molar-refractivity contribution in [3.8, 4) is 0 Å². The molecule has 2 rings (SSSR count). The van der Waals surface area contributed by atoms with Gasteiger partial charge in [0.2, 0.25) is 5.91 Å². The van der Waals surface area contributed by atoms with Crippen molar-refractivity contribution in [2.75, 3.05) is 19.6 Å². The molecular formula is C13H24N2O. The smallest absolute Gasteiger partial charge is 0.226 e. The molecule has 1 aliphatic carbocycles. The Morgan fingerprint density at radius 1 is 1.44 bits per heavy atom. The molecule has 2 aliphatic rings. The first kappa shape index (κ1) is 11.9. The van der Waals surface area contributed by atoms with E-state index in [0.717, 1.165) is 26.1 Å². The van der Waals surface area contributed by atoms with Crippen LogP contribution in [0.25, 0.3) is 0 Å². The minimum absolute atomic E-state index is 0.213. The van der Waals surface area contributed by atoms with Gasteiger partial charge < -0.3 is 10.2 Å². The maximum absolute atomic E-state index is 12.5. The fraction of sp³-hybridized carbons (Fsp3) is 0.923. The molecule has 1 N–H and O–H groups in total. The third-order valence-electron chi connectivity index (χ3n) is 4.24. The molecule has 2 atom stereocenters. The summed E-state index contributed by atoms with van der Waals surface area (Å²) in [7, 11) is 0. The molecule has 1 saturated heterocycles. The Hall–Kier alpha value is -0.570. The van der Waals surface area contributed by atoms with Crippen molar-refractivity contribution in [3.05, 3.63) is 0 Å². The molecule has 1 amide bonds. The minimum Gasteiger partial charge on any atom is -0.340 e. The summed E-state index contributed by atoms with van der Waals surface area (Å²) in [5, 5.41) is 3.38. The number of amides is 1. The molecule has 0 bridgehead atoms. The van der Waals surface area contributed by atoms with Gasteiger partial charge in [-0.3, -0.25) is 4.79 Å². The maximum Gasteiger partial charge on any atom is 0.226 e. The Balaban J connectivity index is 2.01. The number of nitrogens with one attached hydrogen (secondary N) is 1. The lowest BCUT2D eigenvalue weighted by molar-refractivity contribution is -0.139. The van der Waals surface area contributed by atoms with Crippen LogP contribution in [0.1, 0.15) is 40.0 Å². The lowest BCUT2D eigenvalue weighted by Crippen LogP contribution is -2.53. The van der Waals surface area contributed by atoms with E-state index in [-0.39, 0.29) is 11.3 Å². The molecule has 1 saturated carbocycles. The van der Waals surface area contributed by atoms with E-state index in [1.165, 1.54) is 12.8 Å². The molecule has 1 heterocycles. The van der Waals surface area contributed by atoms with Crippen LogP contribution in [-0.4, -0.2) is 36.5 Å². The number of nitrogens with zero attached hydrogens (tertiary/aromatic N) is 1. The van der Waals surface area contributed by atoms with Gasteiger partial charge in [-0.1, -0.05) is 20.3 Å². The highest BCUT2D eigenvalue weighted by molar-refractivity contribution is 5.80. The first-order chi connectivity index (χ1) is 7.50. The normalized spacial score (nSPS) is 34.1. The summed E-state index contributed by atoms with van der Waals surface area (Å²) in [6, 6.07) is 0.446. The molecule has 16 heavy (non-hydrogen) atoms. The molecule has 3 nitrogen and oxygen atoms in total. The number of carbonyl (C=O) groups is 1. The Bertz CT molecular complexity index is 275. The standard InChI is InChI=1S/C13H24N2O/c1-10-9-15(8-7-14-10)12(16)11-5-4-6-13(11,2)3/h10-11,14H,4-9H2,1-3H3/t10-,11?/m0/s1. The summed E-state index contributed by atoms with van der Waals surface area (Å²) in [4.78, 5) is 14.5. The van der Waals surface area contributed by atoms with E-state index < -0.39 is 0 Å². The van der Waals surface area contributed by atoms with Crippen LogP contribution in [0.2, 0.25) is 0 Å². The first-order valence-corrected chi connectivity index (χ1v) is 6.53. The largest absolute Gasteiger partial charge is 0.340 e. The Morgan fingerprint density at radius 2 is 2.19 bits per heavy atom. The van der Waals surface area contributed by atoms with E-state index in [1.807, 2.05) is 0 Å². The van der Waals surface area contributed by atoms with Crippen molar-refractivity contribution >= 4 is 5.91 Å². The van der Waals surface area contributed by atoms with Crippen molar-refractivity contribution in [2.45, 2.75) is 46.1 Å². The monoisotopic (exact) mass is 224 g/mol. The van der Waals surface area contributed by atoms with Gasteiger partial charge in [0, 0.05) is 31.6 Å². The average Bonchev–Trinajstić information content (AvgIpc) is 2.57. The van der Waals surface area contributed by atoms with E-state index in [1.54, 1.807) is 0 Å². The van der Waals surface area contributed by atoms with Gasteiger partial charge in [0.25, 0.3) is 0 Å². The summed E-state index contributed by atoms with van der Waals surface area (Å²) in [6.07, 6.45) is 3.50. The SMILES string of the molecule is C[C@H]1CN(C(=O)C2CCCC2(C)C)CCN1. The molecule has 0 spiro atoms. The van der Waals surface area contributed by atoms with E-state index in [0.29, 0.717) is 11.9 Å². The van der Waals surface area contributed by atoms with Crippen LogP contribution in [0.3, 0.4) is 0 Å². The Labute approximate surface area is 98.6 Å². The lowest BCUT2D eigenvalue weighted by atomic mass is 9.81. The zero-order chi connectivity index (χ0) is 11.8. The highest BCUT2D eigenvalue weighted by Gasteiger charge is 2.41. The molecule has 0 radical (unpaired) electrons. The van der Waals surface area contributed by atoms with Gasteiger partial charge in [0.15, 0.2) is 0 Å².